The molecule has 2 aromatic rings. The first kappa shape index (κ1) is 21.7. The number of halogens is 2. The van der Waals surface area contributed by atoms with E-state index in [0.717, 1.165) is 17.5 Å². The second kappa shape index (κ2) is 10.7. The summed E-state index contributed by atoms with van der Waals surface area (Å²) in [5.74, 6) is -0.868. The van der Waals surface area contributed by atoms with Crippen molar-refractivity contribution >= 4 is 41.2 Å². The highest BCUT2D eigenvalue weighted by Gasteiger charge is 2.14. The number of ether oxygens (including phenoxy) is 1. The molecule has 148 valence electrons. The first-order chi connectivity index (χ1) is 13.4. The Hall–Kier alpha value is -2.57. The second-order valence-electron chi connectivity index (χ2n) is 6.08. The molecule has 2 rings (SSSR count). The van der Waals surface area contributed by atoms with Crippen LogP contribution in [0.15, 0.2) is 47.6 Å². The molecule has 0 unspecified atom stereocenters. The number of hydrogen-bond donors (Lipinski definition) is 2. The van der Waals surface area contributed by atoms with Crippen LogP contribution < -0.4 is 15.5 Å². The lowest BCUT2D eigenvalue weighted by Gasteiger charge is -2.09. The predicted molar refractivity (Wildman–Crippen MR) is 111 cm³/mol. The van der Waals surface area contributed by atoms with E-state index >= 15 is 0 Å². The van der Waals surface area contributed by atoms with Crippen LogP contribution in [0.2, 0.25) is 10.0 Å². The highest BCUT2D eigenvalue weighted by atomic mass is 35.5. The Kier molecular flexibility index (Phi) is 8.29. The molecule has 0 saturated carbocycles. The van der Waals surface area contributed by atoms with E-state index in [1.165, 1.54) is 6.21 Å². The van der Waals surface area contributed by atoms with Gasteiger partial charge in [0, 0.05) is 21.7 Å². The van der Waals surface area contributed by atoms with E-state index < -0.39 is 11.8 Å². The lowest BCUT2D eigenvalue weighted by atomic mass is 10.2. The van der Waals surface area contributed by atoms with Crippen molar-refractivity contribution in [3.63, 3.8) is 0 Å². The van der Waals surface area contributed by atoms with E-state index in [1.54, 1.807) is 36.4 Å². The van der Waals surface area contributed by atoms with Gasteiger partial charge < -0.3 is 10.1 Å². The molecular weight excluding hydrogens is 401 g/mol. The molecule has 0 aliphatic heterocycles. The van der Waals surface area contributed by atoms with Gasteiger partial charge in [-0.2, -0.15) is 5.10 Å². The second-order valence-corrected chi connectivity index (χ2v) is 6.92. The van der Waals surface area contributed by atoms with Crippen molar-refractivity contribution in [1.82, 2.24) is 10.7 Å². The van der Waals surface area contributed by atoms with Gasteiger partial charge in [0.05, 0.1) is 6.21 Å². The Balaban J connectivity index is 1.84. The maximum absolute atomic E-state index is 11.6. The third-order valence-electron chi connectivity index (χ3n) is 3.87. The van der Waals surface area contributed by atoms with Gasteiger partial charge in [0.25, 0.3) is 0 Å². The number of nitrogens with one attached hydrogen (secondary N) is 2. The van der Waals surface area contributed by atoms with Gasteiger partial charge in [-0.25, -0.2) is 5.43 Å². The molecule has 0 bridgehead atoms. The Bertz CT molecular complexity index is 854. The van der Waals surface area contributed by atoms with Gasteiger partial charge in [-0.1, -0.05) is 36.2 Å². The van der Waals surface area contributed by atoms with Crippen LogP contribution in [0.4, 0.5) is 0 Å². The third-order valence-corrected chi connectivity index (χ3v) is 4.45. The van der Waals surface area contributed by atoms with Crippen LogP contribution in [0, 0.1) is 0 Å². The van der Waals surface area contributed by atoms with Gasteiger partial charge in [-0.05, 0) is 55.3 Å². The van der Waals surface area contributed by atoms with Crippen molar-refractivity contribution in [2.45, 2.75) is 32.9 Å². The molecule has 0 fully saturated rings. The standard InChI is InChI=1S/C20H21Cl2N3O3/c1-3-13(2)24-19(26)20(27)25-23-11-14-4-8-17(9-5-14)28-12-15-6-7-16(21)10-18(15)22/h4-11,13H,3,12H2,1-2H3,(H,24,26)(H,25,27)/b23-11-/t13-/m0/s1. The van der Waals surface area contributed by atoms with Crippen molar-refractivity contribution in [2.24, 2.45) is 5.10 Å². The van der Waals surface area contributed by atoms with Gasteiger partial charge in [0.2, 0.25) is 0 Å². The van der Waals surface area contributed by atoms with Gasteiger partial charge in [0.1, 0.15) is 12.4 Å². The summed E-state index contributed by atoms with van der Waals surface area (Å²) in [6.07, 6.45) is 2.18. The number of hydrogen-bond acceptors (Lipinski definition) is 4. The quantitative estimate of drug-likeness (QED) is 0.403. The van der Waals surface area contributed by atoms with Crippen molar-refractivity contribution < 1.29 is 14.3 Å². The van der Waals surface area contributed by atoms with Crippen molar-refractivity contribution in [1.29, 1.82) is 0 Å². The summed E-state index contributed by atoms with van der Waals surface area (Å²) in [6.45, 7) is 4.04. The molecule has 1 atom stereocenters. The van der Waals surface area contributed by atoms with E-state index in [1.807, 2.05) is 19.9 Å². The fraction of sp³-hybridized carbons (Fsp3) is 0.250. The molecule has 0 aliphatic carbocycles. The molecule has 28 heavy (non-hydrogen) atoms. The number of nitrogens with zero attached hydrogens (tertiary/aromatic N) is 1. The number of hydrazone groups is 1. The fourth-order valence-corrected chi connectivity index (χ4v) is 2.52. The Morgan fingerprint density at radius 3 is 2.50 bits per heavy atom. The lowest BCUT2D eigenvalue weighted by Crippen LogP contribution is -2.41. The minimum Gasteiger partial charge on any atom is -0.489 e. The minimum atomic E-state index is -0.809. The van der Waals surface area contributed by atoms with Crippen molar-refractivity contribution in [2.75, 3.05) is 0 Å². The topological polar surface area (TPSA) is 79.8 Å². The van der Waals surface area contributed by atoms with Gasteiger partial charge in [0.15, 0.2) is 0 Å². The number of rotatable bonds is 7. The molecule has 2 N–H and O–H groups in total. The summed E-state index contributed by atoms with van der Waals surface area (Å²) in [6, 6.07) is 12.2. The Labute approximate surface area is 173 Å². The van der Waals surface area contributed by atoms with E-state index in [2.05, 4.69) is 15.8 Å². The molecule has 6 nitrogen and oxygen atoms in total. The fourth-order valence-electron chi connectivity index (χ4n) is 2.06. The van der Waals surface area contributed by atoms with E-state index in [0.29, 0.717) is 22.4 Å². The summed E-state index contributed by atoms with van der Waals surface area (Å²) in [5.41, 5.74) is 3.76. The average molecular weight is 422 g/mol. The molecule has 0 aliphatic rings. The number of carbonyl (C=O) groups is 2. The van der Waals surface area contributed by atoms with E-state index in [9.17, 15) is 9.59 Å². The zero-order chi connectivity index (χ0) is 20.5. The first-order valence-corrected chi connectivity index (χ1v) is 9.45. The predicted octanol–water partition coefficient (Wildman–Crippen LogP) is 3.94. The minimum absolute atomic E-state index is 0.0717. The smallest absolute Gasteiger partial charge is 0.329 e. The van der Waals surface area contributed by atoms with Crippen LogP contribution in [0.1, 0.15) is 31.4 Å². The monoisotopic (exact) mass is 421 g/mol. The molecule has 0 radical (unpaired) electrons. The number of benzene rings is 2. The Morgan fingerprint density at radius 1 is 1.14 bits per heavy atom. The largest absolute Gasteiger partial charge is 0.489 e. The molecular formula is C20H21Cl2N3O3. The van der Waals surface area contributed by atoms with Crippen LogP contribution >= 0.6 is 23.2 Å². The molecule has 0 aromatic heterocycles. The summed E-state index contributed by atoms with van der Waals surface area (Å²) < 4.78 is 5.69. The van der Waals surface area contributed by atoms with Crippen molar-refractivity contribution in [3.8, 4) is 5.75 Å². The van der Waals surface area contributed by atoms with Crippen molar-refractivity contribution in [3.05, 3.63) is 63.6 Å². The SMILES string of the molecule is CC[C@H](C)NC(=O)C(=O)N/N=C\c1ccc(OCc2ccc(Cl)cc2Cl)cc1. The maximum Gasteiger partial charge on any atom is 0.329 e. The van der Waals surface area contributed by atoms with Crippen LogP contribution in [0.3, 0.4) is 0 Å². The van der Waals surface area contributed by atoms with Crippen LogP contribution in [0.25, 0.3) is 0 Å². The summed E-state index contributed by atoms with van der Waals surface area (Å²) in [4.78, 5) is 23.2. The zero-order valence-electron chi connectivity index (χ0n) is 15.5. The lowest BCUT2D eigenvalue weighted by molar-refractivity contribution is -0.139. The number of carbonyl (C=O) groups excluding carboxylic acids is 2. The van der Waals surface area contributed by atoms with Gasteiger partial charge in [-0.15, -0.1) is 0 Å². The molecule has 0 saturated heterocycles. The zero-order valence-corrected chi connectivity index (χ0v) is 17.1. The molecule has 0 spiro atoms. The van der Waals surface area contributed by atoms with Crippen LogP contribution in [0.5, 0.6) is 5.75 Å². The Morgan fingerprint density at radius 2 is 1.86 bits per heavy atom. The van der Waals surface area contributed by atoms with Gasteiger partial charge >= 0.3 is 11.8 Å². The summed E-state index contributed by atoms with van der Waals surface area (Å²) in [7, 11) is 0. The first-order valence-electron chi connectivity index (χ1n) is 8.69. The van der Waals surface area contributed by atoms with Crippen LogP contribution in [-0.2, 0) is 16.2 Å². The van der Waals surface area contributed by atoms with Crippen LogP contribution in [-0.4, -0.2) is 24.1 Å². The maximum atomic E-state index is 11.6. The third kappa shape index (κ3) is 6.87. The molecule has 2 amide bonds. The van der Waals surface area contributed by atoms with Gasteiger partial charge in [-0.3, -0.25) is 9.59 Å². The normalized spacial score (nSPS) is 11.9. The highest BCUT2D eigenvalue weighted by molar-refractivity contribution is 6.35. The average Bonchev–Trinajstić information content (AvgIpc) is 2.68. The van der Waals surface area contributed by atoms with E-state index in [4.69, 9.17) is 27.9 Å². The highest BCUT2D eigenvalue weighted by Crippen LogP contribution is 2.22. The molecule has 8 heteroatoms. The molecule has 2 aromatic carbocycles. The number of amides is 2. The molecule has 0 heterocycles. The summed E-state index contributed by atoms with van der Waals surface area (Å²) in [5, 5.41) is 7.46. The summed E-state index contributed by atoms with van der Waals surface area (Å²) >= 11 is 12.0. The van der Waals surface area contributed by atoms with E-state index in [-0.39, 0.29) is 6.04 Å².